The van der Waals surface area contributed by atoms with Gasteiger partial charge < -0.3 is 10.5 Å². The number of Topliss-reactive ketones (excluding diaryl/α,β-unsaturated/α-hetero) is 1. The number of ether oxygens (including phenoxy) is 1. The minimum Gasteiger partial charge on any atom is -0.442 e. The summed E-state index contributed by atoms with van der Waals surface area (Å²) < 4.78 is 5.70. The quantitative estimate of drug-likeness (QED) is 0.672. The Morgan fingerprint density at radius 3 is 2.41 bits per heavy atom. The molecule has 0 amide bonds. The van der Waals surface area contributed by atoms with Crippen LogP contribution in [0.4, 0.5) is 5.69 Å². The van der Waals surface area contributed by atoms with Crippen LogP contribution in [0, 0.1) is 0 Å². The van der Waals surface area contributed by atoms with Crippen LogP contribution in [0.2, 0.25) is 0 Å². The predicted molar refractivity (Wildman–Crippen MR) is 80.1 cm³/mol. The Balaban J connectivity index is 2.66. The van der Waals surface area contributed by atoms with Crippen molar-refractivity contribution in [3.63, 3.8) is 0 Å². The number of nitrogens with zero attached hydrogens (tertiary/aromatic N) is 2. The highest BCUT2D eigenvalue weighted by atomic mass is 16.5. The van der Waals surface area contributed by atoms with Gasteiger partial charge in [-0.2, -0.15) is 9.78 Å². The maximum Gasteiger partial charge on any atom is 0.304 e. The fraction of sp³-hybridized carbons (Fsp3) is 0.200. The lowest BCUT2D eigenvalue weighted by Crippen LogP contribution is -2.30. The van der Waals surface area contributed by atoms with Gasteiger partial charge in [0.25, 0.3) is 5.56 Å². The molecule has 7 heteroatoms. The number of carbonyl (C=O) groups is 2. The summed E-state index contributed by atoms with van der Waals surface area (Å²) in [4.78, 5) is 34.9. The minimum absolute atomic E-state index is 0.0651. The van der Waals surface area contributed by atoms with E-state index in [0.29, 0.717) is 5.56 Å². The SMILES string of the molecule is CC(=O)OCn1nc(-c2ccccc2)c(C(C)=O)c(N)c1=O. The van der Waals surface area contributed by atoms with Crippen LogP contribution in [0.3, 0.4) is 0 Å². The monoisotopic (exact) mass is 301 g/mol. The molecule has 0 fully saturated rings. The van der Waals surface area contributed by atoms with E-state index in [-0.39, 0.29) is 29.5 Å². The van der Waals surface area contributed by atoms with Crippen LogP contribution < -0.4 is 11.3 Å². The second-order valence-electron chi connectivity index (χ2n) is 4.63. The number of hydrogen-bond acceptors (Lipinski definition) is 6. The number of nitrogen functional groups attached to an aromatic ring is 1. The summed E-state index contributed by atoms with van der Waals surface area (Å²) in [7, 11) is 0. The number of anilines is 1. The molecule has 0 saturated carbocycles. The molecular weight excluding hydrogens is 286 g/mol. The number of nitrogens with two attached hydrogens (primary N) is 1. The summed E-state index contributed by atoms with van der Waals surface area (Å²) in [6, 6.07) is 8.86. The van der Waals surface area contributed by atoms with Crippen molar-refractivity contribution in [2.75, 3.05) is 5.73 Å². The molecule has 7 nitrogen and oxygen atoms in total. The molecule has 1 heterocycles. The standard InChI is InChI=1S/C15H15N3O4/c1-9(19)12-13(16)15(21)18(8-22-10(2)20)17-14(12)11-6-4-3-5-7-11/h3-7H,8,16H2,1-2H3. The van der Waals surface area contributed by atoms with E-state index in [2.05, 4.69) is 5.10 Å². The second kappa shape index (κ2) is 6.21. The van der Waals surface area contributed by atoms with Gasteiger partial charge in [0.2, 0.25) is 0 Å². The molecular formula is C15H15N3O4. The number of benzene rings is 1. The van der Waals surface area contributed by atoms with Gasteiger partial charge in [-0.05, 0) is 6.92 Å². The van der Waals surface area contributed by atoms with E-state index in [0.717, 1.165) is 4.68 Å². The van der Waals surface area contributed by atoms with Crippen LogP contribution in [-0.2, 0) is 16.3 Å². The van der Waals surface area contributed by atoms with E-state index in [1.807, 2.05) is 6.07 Å². The summed E-state index contributed by atoms with van der Waals surface area (Å²) in [5.41, 5.74) is 5.88. The lowest BCUT2D eigenvalue weighted by atomic mass is 10.0. The topological polar surface area (TPSA) is 104 Å². The maximum atomic E-state index is 12.1. The van der Waals surface area contributed by atoms with Gasteiger partial charge in [-0.1, -0.05) is 30.3 Å². The molecule has 0 spiro atoms. The van der Waals surface area contributed by atoms with Crippen LogP contribution in [0.15, 0.2) is 35.1 Å². The Labute approximate surface area is 126 Å². The fourth-order valence-electron chi connectivity index (χ4n) is 1.98. The first-order chi connectivity index (χ1) is 10.4. The molecule has 0 radical (unpaired) electrons. The Morgan fingerprint density at radius 2 is 1.86 bits per heavy atom. The normalized spacial score (nSPS) is 10.3. The van der Waals surface area contributed by atoms with E-state index in [4.69, 9.17) is 10.5 Å². The van der Waals surface area contributed by atoms with Crippen LogP contribution in [0.5, 0.6) is 0 Å². The maximum absolute atomic E-state index is 12.1. The number of hydrogen-bond donors (Lipinski definition) is 1. The lowest BCUT2D eigenvalue weighted by molar-refractivity contribution is -0.145. The third-order valence-electron chi connectivity index (χ3n) is 2.98. The van der Waals surface area contributed by atoms with Gasteiger partial charge >= 0.3 is 5.97 Å². The van der Waals surface area contributed by atoms with Crippen LogP contribution in [-0.4, -0.2) is 21.5 Å². The summed E-state index contributed by atoms with van der Waals surface area (Å²) in [5, 5.41) is 4.12. The molecule has 0 aliphatic heterocycles. The van der Waals surface area contributed by atoms with Crippen molar-refractivity contribution >= 4 is 17.4 Å². The summed E-state index contributed by atoms with van der Waals surface area (Å²) in [6.45, 7) is 2.17. The first-order valence-electron chi connectivity index (χ1n) is 6.52. The van der Waals surface area contributed by atoms with Gasteiger partial charge in [-0.25, -0.2) is 0 Å². The molecule has 0 unspecified atom stereocenters. The lowest BCUT2D eigenvalue weighted by Gasteiger charge is -2.13. The molecule has 2 rings (SSSR count). The smallest absolute Gasteiger partial charge is 0.304 e. The summed E-state index contributed by atoms with van der Waals surface area (Å²) >= 11 is 0. The van der Waals surface area contributed by atoms with Gasteiger partial charge in [0.05, 0.1) is 5.56 Å². The summed E-state index contributed by atoms with van der Waals surface area (Å²) in [5.74, 6) is -0.912. The van der Waals surface area contributed by atoms with Gasteiger partial charge in [0.15, 0.2) is 12.5 Å². The van der Waals surface area contributed by atoms with Gasteiger partial charge in [0.1, 0.15) is 11.4 Å². The van der Waals surface area contributed by atoms with Crippen molar-refractivity contribution in [3.8, 4) is 11.3 Å². The number of esters is 1. The second-order valence-corrected chi connectivity index (χ2v) is 4.63. The van der Waals surface area contributed by atoms with E-state index < -0.39 is 11.5 Å². The van der Waals surface area contributed by atoms with Crippen molar-refractivity contribution in [3.05, 3.63) is 46.2 Å². The van der Waals surface area contributed by atoms with E-state index in [1.54, 1.807) is 24.3 Å². The zero-order valence-electron chi connectivity index (χ0n) is 12.2. The molecule has 2 aromatic rings. The van der Waals surface area contributed by atoms with Crippen molar-refractivity contribution in [1.82, 2.24) is 9.78 Å². The number of aromatic nitrogens is 2. The zero-order chi connectivity index (χ0) is 16.3. The molecule has 2 N–H and O–H groups in total. The fourth-order valence-corrected chi connectivity index (χ4v) is 1.98. The highest BCUT2D eigenvalue weighted by molar-refractivity contribution is 6.04. The van der Waals surface area contributed by atoms with Crippen molar-refractivity contribution in [2.24, 2.45) is 0 Å². The predicted octanol–water partition coefficient (Wildman–Crippen LogP) is 1.22. The van der Waals surface area contributed by atoms with E-state index >= 15 is 0 Å². The Hall–Kier alpha value is -2.96. The Bertz CT molecular complexity index is 781. The Morgan fingerprint density at radius 1 is 1.23 bits per heavy atom. The first kappa shape index (κ1) is 15.4. The van der Waals surface area contributed by atoms with E-state index in [1.165, 1.54) is 13.8 Å². The zero-order valence-corrected chi connectivity index (χ0v) is 12.2. The van der Waals surface area contributed by atoms with Crippen LogP contribution in [0.1, 0.15) is 24.2 Å². The van der Waals surface area contributed by atoms with Crippen molar-refractivity contribution in [2.45, 2.75) is 20.6 Å². The molecule has 0 bridgehead atoms. The average molecular weight is 301 g/mol. The molecule has 22 heavy (non-hydrogen) atoms. The van der Waals surface area contributed by atoms with Crippen molar-refractivity contribution in [1.29, 1.82) is 0 Å². The van der Waals surface area contributed by atoms with Gasteiger partial charge in [0, 0.05) is 12.5 Å². The molecule has 0 aliphatic rings. The number of rotatable bonds is 4. The van der Waals surface area contributed by atoms with E-state index in [9.17, 15) is 14.4 Å². The first-order valence-corrected chi connectivity index (χ1v) is 6.52. The van der Waals surface area contributed by atoms with Crippen LogP contribution in [0.25, 0.3) is 11.3 Å². The average Bonchev–Trinajstić information content (AvgIpc) is 2.48. The molecule has 0 saturated heterocycles. The highest BCUT2D eigenvalue weighted by Gasteiger charge is 2.20. The minimum atomic E-state index is -0.675. The molecule has 1 aromatic heterocycles. The van der Waals surface area contributed by atoms with Crippen LogP contribution >= 0.6 is 0 Å². The third kappa shape index (κ3) is 3.03. The number of ketones is 1. The van der Waals surface area contributed by atoms with Crippen molar-refractivity contribution < 1.29 is 14.3 Å². The summed E-state index contributed by atoms with van der Waals surface area (Å²) in [6.07, 6.45) is 0. The molecule has 0 atom stereocenters. The third-order valence-corrected chi connectivity index (χ3v) is 2.98. The Kier molecular flexibility index (Phi) is 4.36. The highest BCUT2D eigenvalue weighted by Crippen LogP contribution is 2.23. The number of carbonyl (C=O) groups excluding carboxylic acids is 2. The van der Waals surface area contributed by atoms with Gasteiger partial charge in [-0.3, -0.25) is 14.4 Å². The molecule has 0 aliphatic carbocycles. The molecule has 114 valence electrons. The largest absolute Gasteiger partial charge is 0.442 e. The molecule has 1 aromatic carbocycles. The van der Waals surface area contributed by atoms with Gasteiger partial charge in [-0.15, -0.1) is 0 Å².